The number of halogens is 3. The Morgan fingerprint density at radius 3 is 1.84 bits per heavy atom. The van der Waals surface area contributed by atoms with E-state index < -0.39 is 12.1 Å². The number of nitrogens with one attached hydrogen (secondary N) is 3. The molecule has 0 rings (SSSR count). The molecule has 10 heteroatoms. The maximum Gasteiger partial charge on any atom is 0.490 e. The van der Waals surface area contributed by atoms with Crippen molar-refractivity contribution in [1.82, 2.24) is 10.6 Å². The molecule has 0 heterocycles. The van der Waals surface area contributed by atoms with Crippen LogP contribution in [0.15, 0.2) is 0 Å². The van der Waals surface area contributed by atoms with E-state index >= 15 is 0 Å². The van der Waals surface area contributed by atoms with Gasteiger partial charge in [0.2, 0.25) is 5.91 Å². The molecule has 0 fully saturated rings. The molecule has 0 saturated heterocycles. The van der Waals surface area contributed by atoms with Crippen molar-refractivity contribution in [2.24, 2.45) is 5.73 Å². The van der Waals surface area contributed by atoms with E-state index in [1.807, 2.05) is 0 Å². The SMILES string of the molecule is CC(=O)NCCCCNC(=N)N.O=C(O)C(F)(F)F. The molecule has 6 N–H and O–H groups in total. The first kappa shape index (κ1) is 19.3. The third kappa shape index (κ3) is 18.6. The number of carbonyl (C=O) groups excluding carboxylic acids is 1. The lowest BCUT2D eigenvalue weighted by Gasteiger charge is -2.03. The number of carboxylic acid groups (broad SMARTS) is 1. The average molecular weight is 286 g/mol. The highest BCUT2D eigenvalue weighted by atomic mass is 19.4. The smallest absolute Gasteiger partial charge is 0.475 e. The first-order valence-corrected chi connectivity index (χ1v) is 5.19. The molecule has 0 unspecified atom stereocenters. The minimum Gasteiger partial charge on any atom is -0.475 e. The maximum absolute atomic E-state index is 10.6. The minimum absolute atomic E-state index is 0.00507. The molecule has 0 spiro atoms. The summed E-state index contributed by atoms with van der Waals surface area (Å²) in [5, 5.41) is 19.3. The van der Waals surface area contributed by atoms with E-state index in [2.05, 4.69) is 10.6 Å². The minimum atomic E-state index is -5.08. The van der Waals surface area contributed by atoms with Gasteiger partial charge in [0.25, 0.3) is 0 Å². The summed E-state index contributed by atoms with van der Waals surface area (Å²) in [6, 6.07) is 0. The highest BCUT2D eigenvalue weighted by molar-refractivity contribution is 5.74. The Morgan fingerprint density at radius 2 is 1.58 bits per heavy atom. The van der Waals surface area contributed by atoms with Gasteiger partial charge in [0, 0.05) is 20.0 Å². The Labute approximate surface area is 107 Å². The predicted molar refractivity (Wildman–Crippen MR) is 61.5 cm³/mol. The van der Waals surface area contributed by atoms with Crippen LogP contribution in [0.2, 0.25) is 0 Å². The monoisotopic (exact) mass is 286 g/mol. The van der Waals surface area contributed by atoms with Crippen LogP contribution in [0, 0.1) is 5.41 Å². The molecular formula is C9H17F3N4O3. The summed E-state index contributed by atoms with van der Waals surface area (Å²) in [5.74, 6) is -2.77. The average Bonchev–Trinajstić information content (AvgIpc) is 2.21. The van der Waals surface area contributed by atoms with Crippen LogP contribution in [-0.4, -0.2) is 42.2 Å². The lowest BCUT2D eigenvalue weighted by atomic mass is 10.3. The molecule has 0 aromatic heterocycles. The van der Waals surface area contributed by atoms with Gasteiger partial charge in [-0.15, -0.1) is 0 Å². The molecule has 0 aliphatic heterocycles. The van der Waals surface area contributed by atoms with E-state index in [-0.39, 0.29) is 11.9 Å². The molecule has 19 heavy (non-hydrogen) atoms. The van der Waals surface area contributed by atoms with Crippen LogP contribution in [0.5, 0.6) is 0 Å². The zero-order valence-corrected chi connectivity index (χ0v) is 10.3. The van der Waals surface area contributed by atoms with Crippen LogP contribution >= 0.6 is 0 Å². The Hall–Kier alpha value is -2.00. The van der Waals surface area contributed by atoms with Gasteiger partial charge in [-0.25, -0.2) is 4.79 Å². The second-order valence-electron chi connectivity index (χ2n) is 3.33. The van der Waals surface area contributed by atoms with Gasteiger partial charge in [0.15, 0.2) is 5.96 Å². The van der Waals surface area contributed by atoms with Crippen molar-refractivity contribution in [1.29, 1.82) is 5.41 Å². The number of carbonyl (C=O) groups is 2. The molecule has 0 bridgehead atoms. The number of alkyl halides is 3. The third-order valence-electron chi connectivity index (χ3n) is 1.54. The van der Waals surface area contributed by atoms with E-state index in [0.29, 0.717) is 13.1 Å². The zero-order valence-electron chi connectivity index (χ0n) is 10.3. The van der Waals surface area contributed by atoms with E-state index in [4.69, 9.17) is 21.0 Å². The second kappa shape index (κ2) is 9.97. The molecule has 0 saturated carbocycles. The fourth-order valence-electron chi connectivity index (χ4n) is 0.737. The number of hydrogen-bond donors (Lipinski definition) is 5. The van der Waals surface area contributed by atoms with Gasteiger partial charge in [-0.3, -0.25) is 10.2 Å². The first-order valence-electron chi connectivity index (χ1n) is 5.19. The van der Waals surface area contributed by atoms with Crippen LogP contribution in [0.25, 0.3) is 0 Å². The van der Waals surface area contributed by atoms with Crippen molar-refractivity contribution >= 4 is 17.8 Å². The van der Waals surface area contributed by atoms with Crippen molar-refractivity contribution in [3.63, 3.8) is 0 Å². The second-order valence-corrected chi connectivity index (χ2v) is 3.33. The van der Waals surface area contributed by atoms with Gasteiger partial charge < -0.3 is 21.5 Å². The fourth-order valence-corrected chi connectivity index (χ4v) is 0.737. The Morgan fingerprint density at radius 1 is 1.21 bits per heavy atom. The van der Waals surface area contributed by atoms with Crippen molar-refractivity contribution in [2.75, 3.05) is 13.1 Å². The first-order chi connectivity index (χ1) is 8.57. The molecule has 0 aromatic rings. The standard InChI is InChI=1S/C7H16N4O.C2HF3O2/c1-6(12)10-4-2-3-5-11-7(8)9;3-2(4,5)1(6)7/h2-5H2,1H3,(H,10,12)(H4,8,9,11);(H,6,7). The van der Waals surface area contributed by atoms with Crippen LogP contribution in [0.3, 0.4) is 0 Å². The number of carboxylic acids is 1. The van der Waals surface area contributed by atoms with Crippen LogP contribution < -0.4 is 16.4 Å². The van der Waals surface area contributed by atoms with Crippen LogP contribution in [-0.2, 0) is 9.59 Å². The molecular weight excluding hydrogens is 269 g/mol. The predicted octanol–water partition coefficient (Wildman–Crippen LogP) is 0.0191. The van der Waals surface area contributed by atoms with Gasteiger partial charge in [0.05, 0.1) is 0 Å². The van der Waals surface area contributed by atoms with Crippen molar-refractivity contribution < 1.29 is 27.9 Å². The number of amides is 1. The quantitative estimate of drug-likeness (QED) is 0.276. The van der Waals surface area contributed by atoms with Crippen molar-refractivity contribution in [3.05, 3.63) is 0 Å². The van der Waals surface area contributed by atoms with E-state index in [1.54, 1.807) is 0 Å². The highest BCUT2D eigenvalue weighted by Gasteiger charge is 2.38. The number of aliphatic carboxylic acids is 1. The lowest BCUT2D eigenvalue weighted by Crippen LogP contribution is -2.31. The molecule has 0 aliphatic rings. The van der Waals surface area contributed by atoms with Crippen LogP contribution in [0.4, 0.5) is 13.2 Å². The summed E-state index contributed by atoms with van der Waals surface area (Å²) in [6.45, 7) is 2.87. The molecule has 112 valence electrons. The molecule has 0 aromatic carbocycles. The van der Waals surface area contributed by atoms with Gasteiger partial charge in [-0.05, 0) is 12.8 Å². The summed E-state index contributed by atoms with van der Waals surface area (Å²) >= 11 is 0. The number of unbranched alkanes of at least 4 members (excludes halogenated alkanes) is 1. The van der Waals surface area contributed by atoms with Crippen molar-refractivity contribution in [2.45, 2.75) is 25.9 Å². The summed E-state index contributed by atoms with van der Waals surface area (Å²) in [7, 11) is 0. The highest BCUT2D eigenvalue weighted by Crippen LogP contribution is 2.13. The molecule has 7 nitrogen and oxygen atoms in total. The molecule has 1 amide bonds. The number of rotatable bonds is 5. The summed E-state index contributed by atoms with van der Waals surface area (Å²) < 4.78 is 31.7. The molecule has 0 aliphatic carbocycles. The van der Waals surface area contributed by atoms with Gasteiger partial charge in [-0.2, -0.15) is 13.2 Å². The van der Waals surface area contributed by atoms with Crippen molar-refractivity contribution in [3.8, 4) is 0 Å². The van der Waals surface area contributed by atoms with E-state index in [9.17, 15) is 18.0 Å². The summed E-state index contributed by atoms with van der Waals surface area (Å²) in [4.78, 5) is 19.3. The van der Waals surface area contributed by atoms with Gasteiger partial charge in [-0.1, -0.05) is 0 Å². The van der Waals surface area contributed by atoms with E-state index in [0.717, 1.165) is 12.8 Å². The lowest BCUT2D eigenvalue weighted by molar-refractivity contribution is -0.192. The maximum atomic E-state index is 10.6. The van der Waals surface area contributed by atoms with Gasteiger partial charge >= 0.3 is 12.1 Å². The third-order valence-corrected chi connectivity index (χ3v) is 1.54. The molecule has 0 atom stereocenters. The fraction of sp³-hybridized carbons (Fsp3) is 0.667. The summed E-state index contributed by atoms with van der Waals surface area (Å²) in [6.07, 6.45) is -3.28. The molecule has 0 radical (unpaired) electrons. The largest absolute Gasteiger partial charge is 0.490 e. The summed E-state index contributed by atoms with van der Waals surface area (Å²) in [5.41, 5.74) is 5.06. The normalized spacial score (nSPS) is 9.89. The topological polar surface area (TPSA) is 128 Å². The number of guanidine groups is 1. The van der Waals surface area contributed by atoms with Gasteiger partial charge in [0.1, 0.15) is 0 Å². The Bertz CT molecular complexity index is 290. The van der Waals surface area contributed by atoms with E-state index in [1.165, 1.54) is 6.92 Å². The number of nitrogens with two attached hydrogens (primary N) is 1. The zero-order chi connectivity index (χ0) is 15.5. The number of hydrogen-bond acceptors (Lipinski definition) is 3. The van der Waals surface area contributed by atoms with Crippen LogP contribution in [0.1, 0.15) is 19.8 Å². The Balaban J connectivity index is 0. The Kier molecular flexibility index (Phi) is 10.2.